The molecule has 2 aromatic rings. The first-order chi connectivity index (χ1) is 11.2. The number of β-lactam (4-membered cyclic amide) rings is 1. The predicted molar refractivity (Wildman–Crippen MR) is 83.6 cm³/mol. The fraction of sp³-hybridized carbons (Fsp3) is 0.222. The Morgan fingerprint density at radius 1 is 1.13 bits per heavy atom. The van der Waals surface area contributed by atoms with Gasteiger partial charge in [-0.25, -0.2) is 4.79 Å². The summed E-state index contributed by atoms with van der Waals surface area (Å²) in [6, 6.07) is 17.4. The minimum absolute atomic E-state index is 0.280. The third-order valence-electron chi connectivity index (χ3n) is 3.88. The Kier molecular flexibility index (Phi) is 4.39. The Morgan fingerprint density at radius 2 is 1.74 bits per heavy atom. The summed E-state index contributed by atoms with van der Waals surface area (Å²) in [6.07, 6.45) is -0.569. The van der Waals surface area contributed by atoms with E-state index in [4.69, 9.17) is 4.74 Å². The number of rotatable bonds is 6. The van der Waals surface area contributed by atoms with Crippen molar-refractivity contribution >= 4 is 11.9 Å². The molecule has 118 valence electrons. The Morgan fingerprint density at radius 3 is 2.30 bits per heavy atom. The van der Waals surface area contributed by atoms with Crippen molar-refractivity contribution in [2.24, 2.45) is 0 Å². The summed E-state index contributed by atoms with van der Waals surface area (Å²) in [5.41, 5.74) is 1.58. The molecule has 1 aliphatic rings. The third kappa shape index (κ3) is 3.24. The zero-order valence-electron chi connectivity index (χ0n) is 12.5. The molecule has 1 heterocycles. The van der Waals surface area contributed by atoms with E-state index >= 15 is 0 Å². The van der Waals surface area contributed by atoms with Gasteiger partial charge in [0.05, 0.1) is 13.2 Å². The van der Waals surface area contributed by atoms with Crippen LogP contribution in [0.15, 0.2) is 60.7 Å². The monoisotopic (exact) mass is 311 g/mol. The molecule has 5 heteroatoms. The van der Waals surface area contributed by atoms with Gasteiger partial charge in [-0.1, -0.05) is 60.7 Å². The van der Waals surface area contributed by atoms with Crippen LogP contribution >= 0.6 is 0 Å². The summed E-state index contributed by atoms with van der Waals surface area (Å²) >= 11 is 0. The van der Waals surface area contributed by atoms with Gasteiger partial charge < -0.3 is 14.7 Å². The zero-order chi connectivity index (χ0) is 16.2. The van der Waals surface area contributed by atoms with Crippen LogP contribution in [-0.2, 0) is 20.9 Å². The van der Waals surface area contributed by atoms with Gasteiger partial charge in [0.25, 0.3) is 5.91 Å². The highest BCUT2D eigenvalue weighted by Crippen LogP contribution is 2.28. The van der Waals surface area contributed by atoms with Crippen molar-refractivity contribution in [2.45, 2.75) is 18.8 Å². The van der Waals surface area contributed by atoms with E-state index in [1.165, 1.54) is 4.90 Å². The molecule has 23 heavy (non-hydrogen) atoms. The number of benzene rings is 2. The molecular formula is C18H17NO4. The van der Waals surface area contributed by atoms with Gasteiger partial charge in [0.1, 0.15) is 0 Å². The van der Waals surface area contributed by atoms with E-state index < -0.39 is 18.1 Å². The van der Waals surface area contributed by atoms with Crippen molar-refractivity contribution in [1.82, 2.24) is 4.90 Å². The molecule has 2 atom stereocenters. The van der Waals surface area contributed by atoms with Gasteiger partial charge in [-0.05, 0) is 11.1 Å². The van der Waals surface area contributed by atoms with Gasteiger partial charge in [-0.3, -0.25) is 4.79 Å². The molecule has 0 bridgehead atoms. The van der Waals surface area contributed by atoms with Gasteiger partial charge in [-0.2, -0.15) is 0 Å². The quantitative estimate of drug-likeness (QED) is 0.831. The second-order valence-corrected chi connectivity index (χ2v) is 5.43. The number of carboxylic acids is 1. The second kappa shape index (κ2) is 6.62. The Bertz CT molecular complexity index is 687. The molecule has 1 aliphatic heterocycles. The van der Waals surface area contributed by atoms with Gasteiger partial charge in [-0.15, -0.1) is 0 Å². The molecule has 1 fully saturated rings. The van der Waals surface area contributed by atoms with Crippen molar-refractivity contribution < 1.29 is 19.4 Å². The van der Waals surface area contributed by atoms with E-state index in [1.54, 1.807) is 24.3 Å². The molecule has 0 aliphatic carbocycles. The van der Waals surface area contributed by atoms with E-state index in [-0.39, 0.29) is 12.5 Å². The average Bonchev–Trinajstić information content (AvgIpc) is 2.58. The second-order valence-electron chi connectivity index (χ2n) is 5.43. The molecule has 1 saturated heterocycles. The maximum absolute atomic E-state index is 12.2. The number of likely N-dealkylation sites (tertiary alicyclic amines) is 1. The van der Waals surface area contributed by atoms with Crippen molar-refractivity contribution in [1.29, 1.82) is 0 Å². The first-order valence-corrected chi connectivity index (χ1v) is 7.40. The highest BCUT2D eigenvalue weighted by Gasteiger charge is 2.44. The van der Waals surface area contributed by atoms with Crippen LogP contribution in [0.2, 0.25) is 0 Å². The minimum atomic E-state index is -1.04. The first kappa shape index (κ1) is 15.2. The number of aliphatic carboxylic acids is 1. The van der Waals surface area contributed by atoms with Crippen molar-refractivity contribution in [2.75, 3.05) is 6.54 Å². The van der Waals surface area contributed by atoms with E-state index in [0.29, 0.717) is 12.2 Å². The van der Waals surface area contributed by atoms with E-state index in [2.05, 4.69) is 0 Å². The lowest BCUT2D eigenvalue weighted by molar-refractivity contribution is -0.174. The van der Waals surface area contributed by atoms with Crippen molar-refractivity contribution in [3.8, 4) is 0 Å². The summed E-state index contributed by atoms with van der Waals surface area (Å²) in [5.74, 6) is -1.32. The maximum Gasteiger partial charge on any atom is 0.331 e. The molecule has 2 aromatic carbocycles. The summed E-state index contributed by atoms with van der Waals surface area (Å²) in [4.78, 5) is 25.1. The standard InChI is InChI=1S/C18H17NO4/c20-17-15(23-12-13-7-3-1-4-8-13)11-19(17)16(18(21)22)14-9-5-2-6-10-14/h1-10,15-16H,11-12H2,(H,21,22)/t15?,16-/m1/s1. The Balaban J connectivity index is 1.62. The Hall–Kier alpha value is -2.66. The lowest BCUT2D eigenvalue weighted by Crippen LogP contribution is -2.59. The molecule has 3 rings (SSSR count). The van der Waals surface area contributed by atoms with Gasteiger partial charge in [0, 0.05) is 0 Å². The summed E-state index contributed by atoms with van der Waals surface area (Å²) in [6.45, 7) is 0.631. The molecule has 0 saturated carbocycles. The molecule has 0 radical (unpaired) electrons. The SMILES string of the molecule is O=C(O)[C@@H](c1ccccc1)N1CC(OCc2ccccc2)C1=O. The molecule has 0 spiro atoms. The molecule has 0 aromatic heterocycles. The van der Waals surface area contributed by atoms with Crippen LogP contribution < -0.4 is 0 Å². The van der Waals surface area contributed by atoms with E-state index in [1.807, 2.05) is 36.4 Å². The first-order valence-electron chi connectivity index (χ1n) is 7.40. The number of hydrogen-bond acceptors (Lipinski definition) is 3. The van der Waals surface area contributed by atoms with E-state index in [9.17, 15) is 14.7 Å². The van der Waals surface area contributed by atoms with Crippen LogP contribution in [0.4, 0.5) is 0 Å². The molecule has 5 nitrogen and oxygen atoms in total. The fourth-order valence-electron chi connectivity index (χ4n) is 2.64. The molecular weight excluding hydrogens is 294 g/mol. The van der Waals surface area contributed by atoms with Gasteiger partial charge in [0.2, 0.25) is 0 Å². The number of nitrogens with zero attached hydrogens (tertiary/aromatic N) is 1. The normalized spacial score (nSPS) is 18.3. The number of carbonyl (C=O) groups excluding carboxylic acids is 1. The number of carbonyl (C=O) groups is 2. The predicted octanol–water partition coefficient (Wildman–Crippen LogP) is 2.24. The number of carboxylic acid groups (broad SMARTS) is 1. The lowest BCUT2D eigenvalue weighted by atomic mass is 10.00. The highest BCUT2D eigenvalue weighted by molar-refractivity contribution is 5.91. The topological polar surface area (TPSA) is 66.8 Å². The van der Waals surface area contributed by atoms with Crippen LogP contribution in [0.5, 0.6) is 0 Å². The maximum atomic E-state index is 12.2. The molecule has 1 N–H and O–H groups in total. The molecule has 1 amide bonds. The summed E-state index contributed by atoms with van der Waals surface area (Å²) in [7, 11) is 0. The number of hydrogen-bond donors (Lipinski definition) is 1. The minimum Gasteiger partial charge on any atom is -0.479 e. The van der Waals surface area contributed by atoms with Crippen molar-refractivity contribution in [3.63, 3.8) is 0 Å². The van der Waals surface area contributed by atoms with Gasteiger partial charge in [0.15, 0.2) is 12.1 Å². The fourth-order valence-corrected chi connectivity index (χ4v) is 2.64. The van der Waals surface area contributed by atoms with Crippen LogP contribution in [0.3, 0.4) is 0 Å². The highest BCUT2D eigenvalue weighted by atomic mass is 16.5. The third-order valence-corrected chi connectivity index (χ3v) is 3.88. The lowest BCUT2D eigenvalue weighted by Gasteiger charge is -2.41. The summed E-state index contributed by atoms with van der Waals surface area (Å²) in [5, 5.41) is 9.44. The van der Waals surface area contributed by atoms with Crippen LogP contribution in [0, 0.1) is 0 Å². The van der Waals surface area contributed by atoms with Crippen LogP contribution in [0.25, 0.3) is 0 Å². The number of amides is 1. The number of ether oxygens (including phenoxy) is 1. The smallest absolute Gasteiger partial charge is 0.331 e. The largest absolute Gasteiger partial charge is 0.479 e. The van der Waals surface area contributed by atoms with E-state index in [0.717, 1.165) is 5.56 Å². The average molecular weight is 311 g/mol. The van der Waals surface area contributed by atoms with Crippen molar-refractivity contribution in [3.05, 3.63) is 71.8 Å². The Labute approximate surface area is 134 Å². The molecule has 1 unspecified atom stereocenters. The zero-order valence-corrected chi connectivity index (χ0v) is 12.5. The summed E-state index contributed by atoms with van der Waals surface area (Å²) < 4.78 is 5.59. The van der Waals surface area contributed by atoms with Gasteiger partial charge >= 0.3 is 5.97 Å². The van der Waals surface area contributed by atoms with Crippen LogP contribution in [-0.4, -0.2) is 34.5 Å². The van der Waals surface area contributed by atoms with Crippen LogP contribution in [0.1, 0.15) is 17.2 Å².